The lowest BCUT2D eigenvalue weighted by Crippen LogP contribution is -2.30. The van der Waals surface area contributed by atoms with Crippen LogP contribution in [0.5, 0.6) is 0 Å². The molecule has 5 atom stereocenters. The lowest BCUT2D eigenvalue weighted by Gasteiger charge is -2.21. The molecule has 0 radical (unpaired) electrons. The van der Waals surface area contributed by atoms with E-state index in [0.29, 0.717) is 25.7 Å². The maximum Gasteiger partial charge on any atom is 0.472 e. The number of hydrogen-bond donors (Lipinski definition) is 3. The summed E-state index contributed by atoms with van der Waals surface area (Å²) in [5.74, 6) is -2.19. The number of aliphatic hydroxyl groups excluding tert-OH is 1. The summed E-state index contributed by atoms with van der Waals surface area (Å²) in [6, 6.07) is 0. The summed E-state index contributed by atoms with van der Waals surface area (Å²) >= 11 is 0. The summed E-state index contributed by atoms with van der Waals surface area (Å²) in [4.78, 5) is 73.0. The molecule has 0 aromatic carbocycles. The van der Waals surface area contributed by atoms with Gasteiger partial charge in [0.05, 0.1) is 26.4 Å². The van der Waals surface area contributed by atoms with Gasteiger partial charge >= 0.3 is 39.5 Å². The van der Waals surface area contributed by atoms with Gasteiger partial charge in [0.25, 0.3) is 0 Å². The van der Waals surface area contributed by atoms with E-state index < -0.39 is 97.5 Å². The Hall–Kier alpha value is -3.76. The molecule has 102 heavy (non-hydrogen) atoms. The molecule has 0 aromatic rings. The fourth-order valence-electron chi connectivity index (χ4n) is 11.1. The van der Waals surface area contributed by atoms with Crippen LogP contribution >= 0.6 is 15.6 Å². The van der Waals surface area contributed by atoms with Crippen molar-refractivity contribution in [3.63, 3.8) is 0 Å². The molecule has 0 heterocycles. The van der Waals surface area contributed by atoms with E-state index in [4.69, 9.17) is 37.0 Å². The highest BCUT2D eigenvalue weighted by atomic mass is 31.2. The van der Waals surface area contributed by atoms with E-state index in [-0.39, 0.29) is 25.7 Å². The number of unbranched alkanes of at least 4 members (excludes halogenated alkanes) is 37. The van der Waals surface area contributed by atoms with Gasteiger partial charge in [-0.05, 0) is 122 Å². The predicted octanol–water partition coefficient (Wildman–Crippen LogP) is 23.8. The summed E-state index contributed by atoms with van der Waals surface area (Å²) < 4.78 is 68.6. The molecule has 0 saturated heterocycles. The van der Waals surface area contributed by atoms with Crippen LogP contribution in [-0.4, -0.2) is 96.7 Å². The van der Waals surface area contributed by atoms with Crippen LogP contribution in [-0.2, 0) is 65.4 Å². The Balaban J connectivity index is 5.35. The van der Waals surface area contributed by atoms with Crippen molar-refractivity contribution in [1.82, 2.24) is 0 Å². The van der Waals surface area contributed by atoms with Crippen molar-refractivity contribution >= 4 is 39.5 Å². The Morgan fingerprint density at radius 1 is 0.284 bits per heavy atom. The fraction of sp³-hybridized carbons (Fsp3) is 0.783. The first-order valence-corrected chi connectivity index (χ1v) is 43.8. The summed E-state index contributed by atoms with van der Waals surface area (Å²) in [5.41, 5.74) is 0. The van der Waals surface area contributed by atoms with Crippen LogP contribution in [0.2, 0.25) is 0 Å². The second-order valence-corrected chi connectivity index (χ2v) is 30.2. The smallest absolute Gasteiger partial charge is 0.462 e. The predicted molar refractivity (Wildman–Crippen MR) is 418 cm³/mol. The van der Waals surface area contributed by atoms with Crippen molar-refractivity contribution in [3.05, 3.63) is 85.1 Å². The third-order valence-electron chi connectivity index (χ3n) is 17.3. The number of allylic oxidation sites excluding steroid dienone is 14. The molecule has 3 N–H and O–H groups in total. The molecule has 0 amide bonds. The maximum atomic E-state index is 13.1. The van der Waals surface area contributed by atoms with Crippen molar-refractivity contribution < 1.29 is 80.2 Å². The Bertz CT molecular complexity index is 2260. The summed E-state index contributed by atoms with van der Waals surface area (Å²) in [6.45, 7) is 4.75. The van der Waals surface area contributed by atoms with Gasteiger partial charge in [0.15, 0.2) is 12.2 Å². The Morgan fingerprint density at radius 3 is 0.814 bits per heavy atom. The van der Waals surface area contributed by atoms with Gasteiger partial charge < -0.3 is 33.8 Å². The summed E-state index contributed by atoms with van der Waals surface area (Å²) in [5, 5.41) is 10.6. The highest BCUT2D eigenvalue weighted by molar-refractivity contribution is 7.47. The lowest BCUT2D eigenvalue weighted by molar-refractivity contribution is -0.161. The molecule has 0 aromatic heterocycles. The van der Waals surface area contributed by atoms with Crippen LogP contribution in [0.25, 0.3) is 0 Å². The monoisotopic (exact) mass is 1480 g/mol. The SMILES string of the molecule is CC/C=C\C/C=C\C/C=C\C/C=C\CCCCCCCCC(=O)OCC(COP(=O)(O)OCC(O)COP(=O)(O)OCC(COC(=O)CCCCCCC/C=C\C/C=C\CCCCC)OC(=O)CCCCCCCCCCCCCCC)OC(=O)CCCCCCC/C=C\CCCCCCCC. The Morgan fingerprint density at radius 2 is 0.510 bits per heavy atom. The minimum Gasteiger partial charge on any atom is -0.462 e. The fourth-order valence-corrected chi connectivity index (χ4v) is 12.7. The number of carbonyl (C=O) groups is 4. The number of phosphoric acid groups is 2. The summed E-state index contributed by atoms with van der Waals surface area (Å²) in [6.07, 6.45) is 78.3. The molecule has 19 heteroatoms. The number of rotatable bonds is 77. The Kier molecular flexibility index (Phi) is 72.7. The number of hydrogen-bond acceptors (Lipinski definition) is 15. The van der Waals surface area contributed by atoms with Gasteiger partial charge in [0, 0.05) is 25.7 Å². The van der Waals surface area contributed by atoms with Crippen LogP contribution < -0.4 is 0 Å². The van der Waals surface area contributed by atoms with Gasteiger partial charge in [0.1, 0.15) is 19.3 Å². The molecule has 17 nitrogen and oxygen atoms in total. The van der Waals surface area contributed by atoms with Gasteiger partial charge in [-0.25, -0.2) is 9.13 Å². The van der Waals surface area contributed by atoms with Crippen molar-refractivity contribution in [2.45, 2.75) is 380 Å². The molecule has 0 aliphatic rings. The van der Waals surface area contributed by atoms with Gasteiger partial charge in [-0.15, -0.1) is 0 Å². The van der Waals surface area contributed by atoms with Crippen LogP contribution in [0, 0.1) is 0 Å². The van der Waals surface area contributed by atoms with E-state index in [2.05, 4.69) is 113 Å². The second-order valence-electron chi connectivity index (χ2n) is 27.3. The molecule has 5 unspecified atom stereocenters. The van der Waals surface area contributed by atoms with E-state index >= 15 is 0 Å². The van der Waals surface area contributed by atoms with E-state index in [1.54, 1.807) is 0 Å². The zero-order valence-electron chi connectivity index (χ0n) is 64.8. The van der Waals surface area contributed by atoms with Gasteiger partial charge in [-0.3, -0.25) is 37.3 Å². The van der Waals surface area contributed by atoms with Gasteiger partial charge in [-0.1, -0.05) is 299 Å². The first-order valence-electron chi connectivity index (χ1n) is 40.8. The highest BCUT2D eigenvalue weighted by Gasteiger charge is 2.30. The number of phosphoric ester groups is 2. The molecule has 0 aliphatic carbocycles. The number of aliphatic hydroxyl groups is 1. The van der Waals surface area contributed by atoms with Crippen LogP contribution in [0.4, 0.5) is 0 Å². The zero-order valence-corrected chi connectivity index (χ0v) is 66.6. The molecular formula is C83H148O17P2. The van der Waals surface area contributed by atoms with Crippen molar-refractivity contribution in [1.29, 1.82) is 0 Å². The minimum absolute atomic E-state index is 0.0833. The maximum absolute atomic E-state index is 13.1. The third kappa shape index (κ3) is 74.5. The largest absolute Gasteiger partial charge is 0.472 e. The molecule has 0 bridgehead atoms. The standard InChI is InChI=1S/C83H148O17P2/c1-5-9-13-17-21-25-29-33-36-37-38-39-42-45-48-52-56-60-64-68-81(86)94-74-79(100-83(88)70-66-62-58-54-50-46-41-35-31-27-23-19-15-11-7-3)76-98-102(91,92)96-72-77(84)71-95-101(89,90)97-75-78(99-82(87)69-65-61-57-53-49-43-32-28-24-20-16-12-8-4)73-93-80(85)67-63-59-55-51-47-44-40-34-30-26-22-18-14-10-6-2/h9,13,21-22,25-26,33-36,38-41,77-79,84H,5-8,10-12,14-20,23-24,27-32,37,42-76H2,1-4H3,(H,89,90)(H,91,92)/b13-9-,25-21-,26-22-,36-33-,39-38-,40-34-,41-35-. The van der Waals surface area contributed by atoms with Gasteiger partial charge in [-0.2, -0.15) is 0 Å². The van der Waals surface area contributed by atoms with Crippen LogP contribution in [0.1, 0.15) is 362 Å². The average molecular weight is 1480 g/mol. The molecular weight excluding hydrogens is 1330 g/mol. The van der Waals surface area contributed by atoms with E-state index in [1.165, 1.54) is 109 Å². The van der Waals surface area contributed by atoms with Crippen molar-refractivity contribution in [2.24, 2.45) is 0 Å². The highest BCUT2D eigenvalue weighted by Crippen LogP contribution is 2.45. The molecule has 0 spiro atoms. The molecule has 0 aliphatic heterocycles. The molecule has 592 valence electrons. The quantitative estimate of drug-likeness (QED) is 0.0169. The first-order chi connectivity index (χ1) is 49.7. The number of esters is 4. The zero-order chi connectivity index (χ0) is 74.6. The normalized spacial score (nSPS) is 14.3. The van der Waals surface area contributed by atoms with Crippen molar-refractivity contribution in [2.75, 3.05) is 39.6 Å². The average Bonchev–Trinajstić information content (AvgIpc) is 0.924. The molecule has 0 fully saturated rings. The van der Waals surface area contributed by atoms with E-state index in [0.717, 1.165) is 173 Å². The lowest BCUT2D eigenvalue weighted by atomic mass is 10.0. The topological polar surface area (TPSA) is 237 Å². The molecule has 0 rings (SSSR count). The first kappa shape index (κ1) is 98.2. The summed E-state index contributed by atoms with van der Waals surface area (Å²) in [7, 11) is -9.95. The molecule has 0 saturated carbocycles. The Labute approximate surface area is 621 Å². The van der Waals surface area contributed by atoms with E-state index in [1.807, 2.05) is 0 Å². The minimum atomic E-state index is -4.98. The number of carbonyl (C=O) groups excluding carboxylic acids is 4. The van der Waals surface area contributed by atoms with Gasteiger partial charge in [0.2, 0.25) is 0 Å². The third-order valence-corrected chi connectivity index (χ3v) is 19.2. The number of ether oxygens (including phenoxy) is 4. The van der Waals surface area contributed by atoms with Crippen LogP contribution in [0.3, 0.4) is 0 Å². The van der Waals surface area contributed by atoms with Crippen molar-refractivity contribution in [3.8, 4) is 0 Å². The second kappa shape index (κ2) is 75.5. The van der Waals surface area contributed by atoms with Crippen LogP contribution in [0.15, 0.2) is 85.1 Å². The van der Waals surface area contributed by atoms with E-state index in [9.17, 15) is 43.2 Å².